The van der Waals surface area contributed by atoms with Crippen LogP contribution in [-0.4, -0.2) is 20.8 Å². The summed E-state index contributed by atoms with van der Waals surface area (Å²) in [4.78, 5) is 8.70. The van der Waals surface area contributed by atoms with Crippen molar-refractivity contribution >= 4 is 11.8 Å². The van der Waals surface area contributed by atoms with E-state index in [1.165, 1.54) is 0 Å². The Kier molecular flexibility index (Phi) is 4.74. The van der Waals surface area contributed by atoms with Gasteiger partial charge in [0.2, 0.25) is 0 Å². The van der Waals surface area contributed by atoms with Gasteiger partial charge in [-0.15, -0.1) is 0 Å². The second-order valence-corrected chi connectivity index (χ2v) is 6.75. The molecule has 1 rings (SSSR count). The summed E-state index contributed by atoms with van der Waals surface area (Å²) in [7, 11) is 0. The summed E-state index contributed by atoms with van der Waals surface area (Å²) in [5.41, 5.74) is 7.00. The molecule has 0 amide bonds. The maximum absolute atomic E-state index is 5.88. The predicted octanol–water partition coefficient (Wildman–Crippen LogP) is 2.65. The molecule has 0 saturated carbocycles. The molecule has 1 atom stereocenters. The van der Waals surface area contributed by atoms with Crippen molar-refractivity contribution in [2.75, 3.05) is 0 Å². The van der Waals surface area contributed by atoms with Crippen LogP contribution in [0.2, 0.25) is 0 Å². The summed E-state index contributed by atoms with van der Waals surface area (Å²) in [5.74, 6) is 0. The summed E-state index contributed by atoms with van der Waals surface area (Å²) in [6.07, 6.45) is 5.61. The van der Waals surface area contributed by atoms with Crippen LogP contribution in [0.1, 0.15) is 39.7 Å². The highest BCUT2D eigenvalue weighted by Gasteiger charge is 2.14. The number of hydrogen-bond acceptors (Lipinski definition) is 4. The highest BCUT2D eigenvalue weighted by atomic mass is 32.2. The van der Waals surface area contributed by atoms with Crippen molar-refractivity contribution in [3.8, 4) is 0 Å². The van der Waals surface area contributed by atoms with Gasteiger partial charge in [-0.3, -0.25) is 0 Å². The molecule has 0 fully saturated rings. The average Bonchev–Trinajstić information content (AvgIpc) is 2.18. The third kappa shape index (κ3) is 4.94. The maximum Gasteiger partial charge on any atom is 0.187 e. The normalized spacial score (nSPS) is 13.8. The van der Waals surface area contributed by atoms with Crippen molar-refractivity contribution in [1.82, 2.24) is 9.97 Å². The van der Waals surface area contributed by atoms with Gasteiger partial charge in [0.15, 0.2) is 5.16 Å². The molecule has 1 aromatic heterocycles. The van der Waals surface area contributed by atoms with Crippen molar-refractivity contribution in [2.24, 2.45) is 5.73 Å². The second-order valence-electron chi connectivity index (χ2n) is 4.96. The second kappa shape index (κ2) is 5.64. The zero-order valence-electron chi connectivity index (χ0n) is 10.5. The highest BCUT2D eigenvalue weighted by molar-refractivity contribution is 8.00. The van der Waals surface area contributed by atoms with Gasteiger partial charge in [0.1, 0.15) is 0 Å². The SMILES string of the molecule is CCC(N)Cc1cnc(SC(C)(C)C)nc1. The van der Waals surface area contributed by atoms with Crippen LogP contribution < -0.4 is 5.73 Å². The molecule has 90 valence electrons. The molecule has 0 radical (unpaired) electrons. The van der Waals surface area contributed by atoms with Gasteiger partial charge in [0.05, 0.1) is 0 Å². The fourth-order valence-corrected chi connectivity index (χ4v) is 1.98. The smallest absolute Gasteiger partial charge is 0.187 e. The van der Waals surface area contributed by atoms with Crippen molar-refractivity contribution in [3.63, 3.8) is 0 Å². The first-order chi connectivity index (χ1) is 7.40. The van der Waals surface area contributed by atoms with E-state index in [2.05, 4.69) is 37.7 Å². The lowest BCUT2D eigenvalue weighted by molar-refractivity contribution is 0.641. The Hall–Kier alpha value is -0.610. The Morgan fingerprint density at radius 2 is 1.88 bits per heavy atom. The molecule has 1 heterocycles. The van der Waals surface area contributed by atoms with Crippen LogP contribution in [-0.2, 0) is 6.42 Å². The van der Waals surface area contributed by atoms with Crippen molar-refractivity contribution in [1.29, 1.82) is 0 Å². The summed E-state index contributed by atoms with van der Waals surface area (Å²) in [6.45, 7) is 8.56. The summed E-state index contributed by atoms with van der Waals surface area (Å²) in [5, 5.41) is 0.835. The predicted molar refractivity (Wildman–Crippen MR) is 69.6 cm³/mol. The number of nitrogens with two attached hydrogens (primary N) is 1. The Morgan fingerprint density at radius 1 is 1.31 bits per heavy atom. The molecule has 0 saturated heterocycles. The van der Waals surface area contributed by atoms with E-state index < -0.39 is 0 Å². The molecule has 2 N–H and O–H groups in total. The van der Waals surface area contributed by atoms with Gasteiger partial charge in [-0.1, -0.05) is 39.5 Å². The minimum Gasteiger partial charge on any atom is -0.327 e. The van der Waals surface area contributed by atoms with Crippen LogP contribution in [0.3, 0.4) is 0 Å². The number of nitrogens with zero attached hydrogens (tertiary/aromatic N) is 2. The van der Waals surface area contributed by atoms with E-state index in [0.29, 0.717) is 0 Å². The highest BCUT2D eigenvalue weighted by Crippen LogP contribution is 2.28. The molecule has 0 aliphatic carbocycles. The van der Waals surface area contributed by atoms with Crippen LogP contribution >= 0.6 is 11.8 Å². The van der Waals surface area contributed by atoms with Gasteiger partial charge in [-0.2, -0.15) is 0 Å². The Morgan fingerprint density at radius 3 is 2.31 bits per heavy atom. The first kappa shape index (κ1) is 13.5. The molecule has 16 heavy (non-hydrogen) atoms. The number of thioether (sulfide) groups is 1. The fourth-order valence-electron chi connectivity index (χ4n) is 1.22. The molecular formula is C12H21N3S. The van der Waals surface area contributed by atoms with E-state index in [1.807, 2.05) is 12.4 Å². The van der Waals surface area contributed by atoms with Gasteiger partial charge in [0, 0.05) is 23.2 Å². The van der Waals surface area contributed by atoms with Gasteiger partial charge in [-0.25, -0.2) is 9.97 Å². The van der Waals surface area contributed by atoms with E-state index in [4.69, 9.17) is 5.73 Å². The number of hydrogen-bond donors (Lipinski definition) is 1. The fraction of sp³-hybridized carbons (Fsp3) is 0.667. The average molecular weight is 239 g/mol. The van der Waals surface area contributed by atoms with Gasteiger partial charge < -0.3 is 5.73 Å². The quantitative estimate of drug-likeness (QED) is 0.648. The lowest BCUT2D eigenvalue weighted by Gasteiger charge is -2.16. The van der Waals surface area contributed by atoms with Gasteiger partial charge in [0.25, 0.3) is 0 Å². The van der Waals surface area contributed by atoms with Crippen LogP contribution in [0, 0.1) is 0 Å². The molecule has 0 aliphatic heterocycles. The Labute approximate surface area is 102 Å². The number of aromatic nitrogens is 2. The third-order valence-electron chi connectivity index (χ3n) is 2.10. The first-order valence-corrected chi connectivity index (χ1v) is 6.48. The van der Waals surface area contributed by atoms with E-state index >= 15 is 0 Å². The minimum atomic E-state index is 0.154. The first-order valence-electron chi connectivity index (χ1n) is 5.66. The van der Waals surface area contributed by atoms with E-state index in [0.717, 1.165) is 23.6 Å². The van der Waals surface area contributed by atoms with Crippen LogP contribution in [0.5, 0.6) is 0 Å². The summed E-state index contributed by atoms with van der Waals surface area (Å²) < 4.78 is 0.154. The zero-order chi connectivity index (χ0) is 12.2. The Balaban J connectivity index is 2.61. The third-order valence-corrected chi connectivity index (χ3v) is 3.11. The van der Waals surface area contributed by atoms with Crippen LogP contribution in [0.15, 0.2) is 17.6 Å². The van der Waals surface area contributed by atoms with E-state index in [9.17, 15) is 0 Å². The van der Waals surface area contributed by atoms with E-state index in [-0.39, 0.29) is 10.8 Å². The summed E-state index contributed by atoms with van der Waals surface area (Å²) in [6, 6.07) is 0.213. The standard InChI is InChI=1S/C12H21N3S/c1-5-10(13)6-9-7-14-11(15-8-9)16-12(2,3)4/h7-8,10H,5-6,13H2,1-4H3. The molecule has 0 aliphatic rings. The lowest BCUT2D eigenvalue weighted by Crippen LogP contribution is -2.21. The van der Waals surface area contributed by atoms with Gasteiger partial charge >= 0.3 is 0 Å². The summed E-state index contributed by atoms with van der Waals surface area (Å²) >= 11 is 1.68. The minimum absolute atomic E-state index is 0.154. The van der Waals surface area contributed by atoms with Crippen molar-refractivity contribution < 1.29 is 0 Å². The van der Waals surface area contributed by atoms with Gasteiger partial charge in [-0.05, 0) is 18.4 Å². The van der Waals surface area contributed by atoms with Crippen molar-refractivity contribution in [2.45, 2.75) is 56.5 Å². The molecule has 0 aromatic carbocycles. The molecule has 3 nitrogen and oxygen atoms in total. The molecule has 4 heteroatoms. The van der Waals surface area contributed by atoms with Crippen molar-refractivity contribution in [3.05, 3.63) is 18.0 Å². The molecule has 1 aromatic rings. The molecule has 0 bridgehead atoms. The number of rotatable bonds is 4. The largest absolute Gasteiger partial charge is 0.327 e. The maximum atomic E-state index is 5.88. The Bertz CT molecular complexity index is 316. The topological polar surface area (TPSA) is 51.8 Å². The molecular weight excluding hydrogens is 218 g/mol. The monoisotopic (exact) mass is 239 g/mol. The molecule has 1 unspecified atom stereocenters. The lowest BCUT2D eigenvalue weighted by atomic mass is 10.1. The zero-order valence-corrected chi connectivity index (χ0v) is 11.3. The van der Waals surface area contributed by atoms with Crippen LogP contribution in [0.4, 0.5) is 0 Å². The van der Waals surface area contributed by atoms with E-state index in [1.54, 1.807) is 11.8 Å². The molecule has 0 spiro atoms. The van der Waals surface area contributed by atoms with Crippen LogP contribution in [0.25, 0.3) is 0 Å².